The van der Waals surface area contributed by atoms with Crippen LogP contribution >= 0.6 is 0 Å². The number of allylic oxidation sites excluding steroid dienone is 3. The van der Waals surface area contributed by atoms with Crippen LogP contribution in [-0.4, -0.2) is 24.4 Å². The highest BCUT2D eigenvalue weighted by atomic mass is 16.1. The molecule has 0 radical (unpaired) electrons. The van der Waals surface area contributed by atoms with Crippen LogP contribution in [0.3, 0.4) is 0 Å². The standard InChI is InChI=1S/C12H17NO/c1-3-4-5-6-12-9-13(10-14)8-7-11(12)2/h3-5,10H,1,6-9H2,2H3/b5-4-. The molecular weight excluding hydrogens is 174 g/mol. The maximum Gasteiger partial charge on any atom is 0.210 e. The molecule has 1 rings (SSSR count). The Morgan fingerprint density at radius 2 is 2.36 bits per heavy atom. The number of hydrogen-bond acceptors (Lipinski definition) is 1. The number of rotatable bonds is 4. The van der Waals surface area contributed by atoms with Crippen LogP contribution < -0.4 is 0 Å². The third-order valence-electron chi connectivity index (χ3n) is 2.56. The number of carbonyl (C=O) groups excluding carboxylic acids is 1. The van der Waals surface area contributed by atoms with E-state index in [-0.39, 0.29) is 0 Å². The van der Waals surface area contributed by atoms with Crippen molar-refractivity contribution < 1.29 is 4.79 Å². The fourth-order valence-corrected chi connectivity index (χ4v) is 1.58. The second-order valence-corrected chi connectivity index (χ2v) is 3.58. The summed E-state index contributed by atoms with van der Waals surface area (Å²) in [5.41, 5.74) is 2.79. The largest absolute Gasteiger partial charge is 0.341 e. The van der Waals surface area contributed by atoms with E-state index in [1.54, 1.807) is 6.08 Å². The summed E-state index contributed by atoms with van der Waals surface area (Å²) >= 11 is 0. The van der Waals surface area contributed by atoms with Crippen molar-refractivity contribution in [1.29, 1.82) is 0 Å². The minimum Gasteiger partial charge on any atom is -0.341 e. The van der Waals surface area contributed by atoms with Crippen LogP contribution in [0, 0.1) is 0 Å². The molecule has 0 aliphatic carbocycles. The topological polar surface area (TPSA) is 20.3 Å². The van der Waals surface area contributed by atoms with Crippen molar-refractivity contribution in [3.05, 3.63) is 36.0 Å². The van der Waals surface area contributed by atoms with Gasteiger partial charge in [-0.25, -0.2) is 0 Å². The second kappa shape index (κ2) is 5.43. The molecule has 2 heteroatoms. The summed E-state index contributed by atoms with van der Waals surface area (Å²) in [5, 5.41) is 0. The molecule has 1 aliphatic rings. The van der Waals surface area contributed by atoms with Crippen molar-refractivity contribution in [2.45, 2.75) is 19.8 Å². The average molecular weight is 191 g/mol. The normalized spacial score (nSPS) is 17.6. The first-order chi connectivity index (χ1) is 6.77. The molecule has 0 bridgehead atoms. The zero-order chi connectivity index (χ0) is 10.4. The van der Waals surface area contributed by atoms with Gasteiger partial charge in [0.2, 0.25) is 6.41 Å². The van der Waals surface area contributed by atoms with E-state index in [0.717, 1.165) is 32.3 Å². The third kappa shape index (κ3) is 2.87. The van der Waals surface area contributed by atoms with E-state index in [4.69, 9.17) is 0 Å². The van der Waals surface area contributed by atoms with Gasteiger partial charge < -0.3 is 4.90 Å². The molecule has 0 saturated heterocycles. The monoisotopic (exact) mass is 191 g/mol. The van der Waals surface area contributed by atoms with Crippen molar-refractivity contribution >= 4 is 6.41 Å². The Bertz CT molecular complexity index is 276. The molecule has 0 unspecified atom stereocenters. The SMILES string of the molecule is C=C/C=C\CC1=C(C)CCN(C=O)C1. The smallest absolute Gasteiger partial charge is 0.210 e. The van der Waals surface area contributed by atoms with Crippen molar-refractivity contribution in [2.75, 3.05) is 13.1 Å². The van der Waals surface area contributed by atoms with Crippen LogP contribution in [0.2, 0.25) is 0 Å². The van der Waals surface area contributed by atoms with Gasteiger partial charge in [-0.3, -0.25) is 4.79 Å². The van der Waals surface area contributed by atoms with E-state index in [9.17, 15) is 4.79 Å². The van der Waals surface area contributed by atoms with E-state index in [1.165, 1.54) is 11.1 Å². The molecule has 76 valence electrons. The van der Waals surface area contributed by atoms with Crippen LogP contribution in [0.1, 0.15) is 19.8 Å². The molecular formula is C12H17NO. The second-order valence-electron chi connectivity index (χ2n) is 3.58. The van der Waals surface area contributed by atoms with Gasteiger partial charge in [-0.15, -0.1) is 0 Å². The van der Waals surface area contributed by atoms with Crippen LogP contribution in [0.25, 0.3) is 0 Å². The summed E-state index contributed by atoms with van der Waals surface area (Å²) in [7, 11) is 0. The molecule has 0 aromatic carbocycles. The third-order valence-corrected chi connectivity index (χ3v) is 2.56. The van der Waals surface area contributed by atoms with E-state index >= 15 is 0 Å². The van der Waals surface area contributed by atoms with Gasteiger partial charge in [0.05, 0.1) is 0 Å². The molecule has 1 amide bonds. The first kappa shape index (κ1) is 10.8. The lowest BCUT2D eigenvalue weighted by atomic mass is 9.99. The van der Waals surface area contributed by atoms with Gasteiger partial charge in [0.15, 0.2) is 0 Å². The van der Waals surface area contributed by atoms with Gasteiger partial charge in [-0.2, -0.15) is 0 Å². The van der Waals surface area contributed by atoms with Gasteiger partial charge >= 0.3 is 0 Å². The van der Waals surface area contributed by atoms with Crippen molar-refractivity contribution in [3.8, 4) is 0 Å². The number of nitrogens with zero attached hydrogens (tertiary/aromatic N) is 1. The molecule has 0 spiro atoms. The zero-order valence-corrected chi connectivity index (χ0v) is 8.70. The Morgan fingerprint density at radius 3 is 3.00 bits per heavy atom. The van der Waals surface area contributed by atoms with Gasteiger partial charge in [0, 0.05) is 13.1 Å². The van der Waals surface area contributed by atoms with Crippen LogP contribution in [-0.2, 0) is 4.79 Å². The molecule has 14 heavy (non-hydrogen) atoms. The molecule has 0 fully saturated rings. The number of carbonyl (C=O) groups is 1. The van der Waals surface area contributed by atoms with E-state index in [0.29, 0.717) is 0 Å². The van der Waals surface area contributed by atoms with Crippen molar-refractivity contribution in [3.63, 3.8) is 0 Å². The van der Waals surface area contributed by atoms with E-state index in [1.807, 2.05) is 11.0 Å². The van der Waals surface area contributed by atoms with Crippen LogP contribution in [0.4, 0.5) is 0 Å². The number of amides is 1. The molecule has 0 N–H and O–H groups in total. The quantitative estimate of drug-likeness (QED) is 0.379. The Hall–Kier alpha value is -1.31. The summed E-state index contributed by atoms with van der Waals surface area (Å²) in [6.45, 7) is 7.43. The van der Waals surface area contributed by atoms with Gasteiger partial charge in [0.1, 0.15) is 0 Å². The minimum atomic E-state index is 0.789. The summed E-state index contributed by atoms with van der Waals surface area (Å²) in [4.78, 5) is 12.4. The minimum absolute atomic E-state index is 0.789. The predicted octanol–water partition coefficient (Wildman–Crippen LogP) is 2.30. The first-order valence-corrected chi connectivity index (χ1v) is 4.92. The van der Waals surface area contributed by atoms with Gasteiger partial charge in [-0.05, 0) is 25.3 Å². The van der Waals surface area contributed by atoms with Crippen LogP contribution in [0.15, 0.2) is 36.0 Å². The Kier molecular flexibility index (Phi) is 4.17. The molecule has 0 atom stereocenters. The summed E-state index contributed by atoms with van der Waals surface area (Å²) in [6, 6.07) is 0. The Morgan fingerprint density at radius 1 is 1.57 bits per heavy atom. The predicted molar refractivity (Wildman–Crippen MR) is 58.9 cm³/mol. The molecule has 0 aromatic rings. The molecule has 1 aliphatic heterocycles. The fraction of sp³-hybridized carbons (Fsp3) is 0.417. The lowest BCUT2D eigenvalue weighted by Gasteiger charge is -2.26. The van der Waals surface area contributed by atoms with Gasteiger partial charge in [0.25, 0.3) is 0 Å². The maximum atomic E-state index is 10.6. The summed E-state index contributed by atoms with van der Waals surface area (Å²) in [6.07, 6.45) is 8.68. The zero-order valence-electron chi connectivity index (χ0n) is 8.70. The highest BCUT2D eigenvalue weighted by Crippen LogP contribution is 2.19. The molecule has 1 heterocycles. The lowest BCUT2D eigenvalue weighted by molar-refractivity contribution is -0.118. The Labute approximate surface area is 85.6 Å². The molecule has 0 aromatic heterocycles. The lowest BCUT2D eigenvalue weighted by Crippen LogP contribution is -2.29. The fourth-order valence-electron chi connectivity index (χ4n) is 1.58. The first-order valence-electron chi connectivity index (χ1n) is 4.92. The summed E-state index contributed by atoms with van der Waals surface area (Å²) < 4.78 is 0. The van der Waals surface area contributed by atoms with E-state index < -0.39 is 0 Å². The van der Waals surface area contributed by atoms with Crippen LogP contribution in [0.5, 0.6) is 0 Å². The van der Waals surface area contributed by atoms with Crippen molar-refractivity contribution in [2.24, 2.45) is 0 Å². The van der Waals surface area contributed by atoms with Gasteiger partial charge in [-0.1, -0.05) is 30.4 Å². The molecule has 2 nitrogen and oxygen atoms in total. The Balaban J connectivity index is 2.59. The highest BCUT2D eigenvalue weighted by molar-refractivity contribution is 5.49. The number of hydrogen-bond donors (Lipinski definition) is 0. The van der Waals surface area contributed by atoms with Crippen molar-refractivity contribution in [1.82, 2.24) is 4.90 Å². The summed E-state index contributed by atoms with van der Waals surface area (Å²) in [5.74, 6) is 0. The maximum absolute atomic E-state index is 10.6. The highest BCUT2D eigenvalue weighted by Gasteiger charge is 2.13. The molecule has 0 saturated carbocycles. The average Bonchev–Trinajstić information content (AvgIpc) is 2.21. The van der Waals surface area contributed by atoms with E-state index in [2.05, 4.69) is 19.6 Å².